The van der Waals surface area contributed by atoms with Gasteiger partial charge in [-0.2, -0.15) is 0 Å². The first-order valence-electron chi connectivity index (χ1n) is 7.20. The molecule has 3 unspecified atom stereocenters. The number of rotatable bonds is 4. The Hall–Kier alpha value is -0.480. The molecule has 3 nitrogen and oxygen atoms in total. The summed E-state index contributed by atoms with van der Waals surface area (Å²) in [5, 5.41) is 1.13. The van der Waals surface area contributed by atoms with Crippen molar-refractivity contribution in [1.82, 2.24) is 4.90 Å². The maximum Gasteiger partial charge on any atom is 0.156 e. The summed E-state index contributed by atoms with van der Waals surface area (Å²) in [7, 11) is 0. The van der Waals surface area contributed by atoms with E-state index in [2.05, 4.69) is 4.90 Å². The van der Waals surface area contributed by atoms with Gasteiger partial charge in [-0.15, -0.1) is 0 Å². The summed E-state index contributed by atoms with van der Waals surface area (Å²) in [6.07, 6.45) is 2.47. The standard InChI is InChI=1S/C15H20Cl2N2O/c16-12-2-1-3-13(17)15(12)20-7-6-19-8-10-4-5-14(18)11(10)9-19/h1-3,10-11,14H,4-9,18H2. The van der Waals surface area contributed by atoms with Gasteiger partial charge in [-0.3, -0.25) is 4.90 Å². The summed E-state index contributed by atoms with van der Waals surface area (Å²) >= 11 is 12.2. The predicted octanol–water partition coefficient (Wildman–Crippen LogP) is 3.04. The average Bonchev–Trinajstić information content (AvgIpc) is 2.96. The number of halogens is 2. The van der Waals surface area contributed by atoms with Crippen LogP contribution in [0, 0.1) is 11.8 Å². The van der Waals surface area contributed by atoms with E-state index in [1.54, 1.807) is 12.1 Å². The minimum atomic E-state index is 0.393. The van der Waals surface area contributed by atoms with E-state index in [1.807, 2.05) is 6.07 Å². The highest BCUT2D eigenvalue weighted by Gasteiger charge is 2.40. The molecule has 0 bridgehead atoms. The Morgan fingerprint density at radius 3 is 2.65 bits per heavy atom. The van der Waals surface area contributed by atoms with Crippen LogP contribution in [0.1, 0.15) is 12.8 Å². The molecule has 2 fully saturated rings. The fourth-order valence-electron chi connectivity index (χ4n) is 3.48. The van der Waals surface area contributed by atoms with Crippen LogP contribution < -0.4 is 10.5 Å². The minimum Gasteiger partial charge on any atom is -0.489 e. The predicted molar refractivity (Wildman–Crippen MR) is 82.6 cm³/mol. The van der Waals surface area contributed by atoms with Crippen LogP contribution >= 0.6 is 23.2 Å². The van der Waals surface area contributed by atoms with Crippen molar-refractivity contribution in [3.8, 4) is 5.75 Å². The number of likely N-dealkylation sites (tertiary alicyclic amines) is 1. The number of nitrogens with zero attached hydrogens (tertiary/aromatic N) is 1. The van der Waals surface area contributed by atoms with Crippen molar-refractivity contribution in [2.24, 2.45) is 17.6 Å². The monoisotopic (exact) mass is 314 g/mol. The highest BCUT2D eigenvalue weighted by molar-refractivity contribution is 6.37. The molecule has 0 radical (unpaired) electrons. The van der Waals surface area contributed by atoms with E-state index >= 15 is 0 Å². The van der Waals surface area contributed by atoms with E-state index in [0.29, 0.717) is 34.4 Å². The molecule has 1 aliphatic heterocycles. The molecule has 1 aromatic rings. The molecule has 1 saturated heterocycles. The van der Waals surface area contributed by atoms with Crippen molar-refractivity contribution in [3.63, 3.8) is 0 Å². The summed E-state index contributed by atoms with van der Waals surface area (Å²) in [5.74, 6) is 2.06. The zero-order valence-electron chi connectivity index (χ0n) is 11.4. The zero-order valence-corrected chi connectivity index (χ0v) is 12.9. The molecule has 0 aromatic heterocycles. The minimum absolute atomic E-state index is 0.393. The van der Waals surface area contributed by atoms with Gasteiger partial charge in [-0.1, -0.05) is 29.3 Å². The Labute approximate surface area is 130 Å². The number of benzene rings is 1. The van der Waals surface area contributed by atoms with Gasteiger partial charge >= 0.3 is 0 Å². The molecule has 3 rings (SSSR count). The Morgan fingerprint density at radius 1 is 1.20 bits per heavy atom. The number of hydrogen-bond acceptors (Lipinski definition) is 3. The second-order valence-corrected chi connectivity index (χ2v) is 6.64. The molecule has 1 aliphatic carbocycles. The first kappa shape index (κ1) is 14.5. The molecular formula is C15H20Cl2N2O. The van der Waals surface area contributed by atoms with Crippen LogP contribution in [0.25, 0.3) is 0 Å². The van der Waals surface area contributed by atoms with Crippen molar-refractivity contribution >= 4 is 23.2 Å². The molecule has 1 heterocycles. The summed E-state index contributed by atoms with van der Waals surface area (Å²) in [6, 6.07) is 5.80. The van der Waals surface area contributed by atoms with Gasteiger partial charge in [0.25, 0.3) is 0 Å². The van der Waals surface area contributed by atoms with Gasteiger partial charge in [0.15, 0.2) is 5.75 Å². The average molecular weight is 315 g/mol. The lowest BCUT2D eigenvalue weighted by Crippen LogP contribution is -2.32. The summed E-state index contributed by atoms with van der Waals surface area (Å²) in [6.45, 7) is 3.77. The zero-order chi connectivity index (χ0) is 14.1. The van der Waals surface area contributed by atoms with E-state index < -0.39 is 0 Å². The smallest absolute Gasteiger partial charge is 0.156 e. The number of para-hydroxylation sites is 1. The Bertz CT molecular complexity index is 463. The van der Waals surface area contributed by atoms with Crippen molar-refractivity contribution in [2.45, 2.75) is 18.9 Å². The molecule has 110 valence electrons. The SMILES string of the molecule is NC1CCC2CN(CCOc3c(Cl)cccc3Cl)CC12. The Balaban J connectivity index is 1.49. The van der Waals surface area contributed by atoms with Crippen LogP contribution in [0.15, 0.2) is 18.2 Å². The van der Waals surface area contributed by atoms with E-state index in [0.717, 1.165) is 25.6 Å². The van der Waals surface area contributed by atoms with Crippen molar-refractivity contribution in [1.29, 1.82) is 0 Å². The first-order valence-corrected chi connectivity index (χ1v) is 7.95. The van der Waals surface area contributed by atoms with Gasteiger partial charge in [0.1, 0.15) is 6.61 Å². The molecule has 2 aliphatic rings. The van der Waals surface area contributed by atoms with Crippen LogP contribution in [-0.2, 0) is 0 Å². The second-order valence-electron chi connectivity index (χ2n) is 5.82. The first-order chi connectivity index (χ1) is 9.65. The topological polar surface area (TPSA) is 38.5 Å². The van der Waals surface area contributed by atoms with Gasteiger partial charge in [0.2, 0.25) is 0 Å². The van der Waals surface area contributed by atoms with E-state index in [-0.39, 0.29) is 0 Å². The summed E-state index contributed by atoms with van der Waals surface area (Å²) in [5.41, 5.74) is 6.15. The van der Waals surface area contributed by atoms with Crippen LogP contribution in [0.4, 0.5) is 0 Å². The lowest BCUT2D eigenvalue weighted by molar-refractivity contribution is 0.226. The maximum absolute atomic E-state index is 6.15. The molecule has 1 aromatic carbocycles. The largest absolute Gasteiger partial charge is 0.489 e. The molecule has 3 atom stereocenters. The van der Waals surface area contributed by atoms with Gasteiger partial charge < -0.3 is 10.5 Å². The molecule has 20 heavy (non-hydrogen) atoms. The maximum atomic E-state index is 6.15. The molecular weight excluding hydrogens is 295 g/mol. The third kappa shape index (κ3) is 2.91. The van der Waals surface area contributed by atoms with Gasteiger partial charge in [-0.05, 0) is 36.8 Å². The third-order valence-electron chi connectivity index (χ3n) is 4.56. The third-order valence-corrected chi connectivity index (χ3v) is 5.16. The molecule has 2 N–H and O–H groups in total. The van der Waals surface area contributed by atoms with Gasteiger partial charge in [0, 0.05) is 25.7 Å². The number of hydrogen-bond donors (Lipinski definition) is 1. The number of ether oxygens (including phenoxy) is 1. The quantitative estimate of drug-likeness (QED) is 0.928. The fourth-order valence-corrected chi connectivity index (χ4v) is 3.99. The van der Waals surface area contributed by atoms with E-state index in [4.69, 9.17) is 33.7 Å². The van der Waals surface area contributed by atoms with Crippen molar-refractivity contribution in [3.05, 3.63) is 28.2 Å². The van der Waals surface area contributed by atoms with Crippen LogP contribution in [0.3, 0.4) is 0 Å². The second kappa shape index (κ2) is 6.10. The molecule has 5 heteroatoms. The van der Waals surface area contributed by atoms with Gasteiger partial charge in [-0.25, -0.2) is 0 Å². The van der Waals surface area contributed by atoms with Crippen LogP contribution in [0.2, 0.25) is 10.0 Å². The molecule has 1 saturated carbocycles. The lowest BCUT2D eigenvalue weighted by atomic mass is 9.98. The number of nitrogens with two attached hydrogens (primary N) is 1. The summed E-state index contributed by atoms with van der Waals surface area (Å²) in [4.78, 5) is 2.44. The highest BCUT2D eigenvalue weighted by atomic mass is 35.5. The van der Waals surface area contributed by atoms with Crippen LogP contribution in [0.5, 0.6) is 5.75 Å². The highest BCUT2D eigenvalue weighted by Crippen LogP contribution is 2.37. The van der Waals surface area contributed by atoms with Crippen molar-refractivity contribution in [2.75, 3.05) is 26.2 Å². The Kier molecular flexibility index (Phi) is 4.41. The van der Waals surface area contributed by atoms with Gasteiger partial charge in [0.05, 0.1) is 10.0 Å². The van der Waals surface area contributed by atoms with Crippen LogP contribution in [-0.4, -0.2) is 37.2 Å². The van der Waals surface area contributed by atoms with Crippen molar-refractivity contribution < 1.29 is 4.74 Å². The van der Waals surface area contributed by atoms with E-state index in [9.17, 15) is 0 Å². The normalized spacial score (nSPS) is 29.6. The Morgan fingerprint density at radius 2 is 1.95 bits per heavy atom. The molecule has 0 spiro atoms. The number of fused-ring (bicyclic) bond motifs is 1. The summed E-state index contributed by atoms with van der Waals surface area (Å²) < 4.78 is 5.74. The molecule has 0 amide bonds. The fraction of sp³-hybridized carbons (Fsp3) is 0.600. The lowest BCUT2D eigenvalue weighted by Gasteiger charge is -2.19. The van der Waals surface area contributed by atoms with E-state index in [1.165, 1.54) is 12.8 Å².